The van der Waals surface area contributed by atoms with E-state index in [2.05, 4.69) is 15.9 Å². The van der Waals surface area contributed by atoms with E-state index in [1.54, 1.807) is 0 Å². The highest BCUT2D eigenvalue weighted by molar-refractivity contribution is 9.10. The Hall–Kier alpha value is -1.03. The van der Waals surface area contributed by atoms with Crippen molar-refractivity contribution in [3.63, 3.8) is 0 Å². The van der Waals surface area contributed by atoms with Crippen molar-refractivity contribution < 1.29 is 4.74 Å². The van der Waals surface area contributed by atoms with E-state index in [9.17, 15) is 0 Å². The van der Waals surface area contributed by atoms with Gasteiger partial charge in [-0.05, 0) is 49.2 Å². The number of hydrogen-bond donors (Lipinski definition) is 1. The first kappa shape index (κ1) is 14.4. The Morgan fingerprint density at radius 1 is 1.21 bits per heavy atom. The summed E-state index contributed by atoms with van der Waals surface area (Å²) in [4.78, 5) is 0. The molecule has 0 radical (unpaired) electrons. The fraction of sp³-hybridized carbons (Fsp3) is 0.200. The molecular weight excluding hydrogens is 326 g/mol. The van der Waals surface area contributed by atoms with E-state index < -0.39 is 0 Å². The van der Waals surface area contributed by atoms with Crippen LogP contribution in [0.2, 0.25) is 5.02 Å². The van der Waals surface area contributed by atoms with Gasteiger partial charge in [-0.1, -0.05) is 39.7 Å². The smallest absolute Gasteiger partial charge is 0.146 e. The van der Waals surface area contributed by atoms with Crippen LogP contribution in [0.15, 0.2) is 40.9 Å². The van der Waals surface area contributed by atoms with Crippen molar-refractivity contribution in [1.29, 1.82) is 0 Å². The zero-order valence-electron chi connectivity index (χ0n) is 10.8. The predicted molar refractivity (Wildman–Crippen MR) is 83.0 cm³/mol. The van der Waals surface area contributed by atoms with Gasteiger partial charge in [-0.25, -0.2) is 0 Å². The molecule has 0 heterocycles. The molecule has 1 atom stereocenters. The summed E-state index contributed by atoms with van der Waals surface area (Å²) in [6.45, 7) is 3.94. The van der Waals surface area contributed by atoms with Gasteiger partial charge in [0.2, 0.25) is 0 Å². The summed E-state index contributed by atoms with van der Waals surface area (Å²) in [6.07, 6.45) is 0. The largest absolute Gasteiger partial charge is 0.456 e. The molecule has 2 aromatic carbocycles. The molecule has 0 aliphatic carbocycles. The molecule has 0 saturated heterocycles. The zero-order valence-corrected chi connectivity index (χ0v) is 13.1. The first-order valence-corrected chi connectivity index (χ1v) is 7.13. The molecule has 0 aliphatic heterocycles. The number of nitrogens with two attached hydrogens (primary N) is 1. The molecular formula is C15H15BrClNO. The van der Waals surface area contributed by atoms with Crippen LogP contribution in [-0.4, -0.2) is 0 Å². The highest BCUT2D eigenvalue weighted by Gasteiger charge is 2.08. The minimum atomic E-state index is -0.0222. The second-order valence-corrected chi connectivity index (χ2v) is 5.77. The molecule has 100 valence electrons. The fourth-order valence-corrected chi connectivity index (χ4v) is 2.63. The first-order chi connectivity index (χ1) is 8.97. The Labute approximate surface area is 126 Å². The van der Waals surface area contributed by atoms with Gasteiger partial charge in [0.15, 0.2) is 0 Å². The molecule has 19 heavy (non-hydrogen) atoms. The third kappa shape index (κ3) is 3.50. The van der Waals surface area contributed by atoms with E-state index in [1.165, 1.54) is 0 Å². The lowest BCUT2D eigenvalue weighted by molar-refractivity contribution is 0.481. The van der Waals surface area contributed by atoms with Gasteiger partial charge in [0.25, 0.3) is 0 Å². The summed E-state index contributed by atoms with van der Waals surface area (Å²) in [6, 6.07) is 11.4. The Morgan fingerprint density at radius 3 is 2.58 bits per heavy atom. The summed E-state index contributed by atoms with van der Waals surface area (Å²) in [5.74, 6) is 1.38. The number of aryl methyl sites for hydroxylation is 1. The van der Waals surface area contributed by atoms with Crippen molar-refractivity contribution in [2.24, 2.45) is 5.73 Å². The molecule has 0 spiro atoms. The molecule has 1 unspecified atom stereocenters. The maximum Gasteiger partial charge on any atom is 0.146 e. The average Bonchev–Trinajstić information content (AvgIpc) is 2.33. The predicted octanol–water partition coefficient (Wildman–Crippen LogP) is 5.22. The second-order valence-electron chi connectivity index (χ2n) is 4.51. The lowest BCUT2D eigenvalue weighted by Gasteiger charge is -2.12. The van der Waals surface area contributed by atoms with Crippen molar-refractivity contribution in [2.75, 3.05) is 0 Å². The molecule has 0 bridgehead atoms. The van der Waals surface area contributed by atoms with Gasteiger partial charge in [0.05, 0.1) is 5.02 Å². The number of hydrogen-bond acceptors (Lipinski definition) is 2. The van der Waals surface area contributed by atoms with E-state index in [4.69, 9.17) is 22.1 Å². The lowest BCUT2D eigenvalue weighted by Crippen LogP contribution is -2.05. The minimum absolute atomic E-state index is 0.0222. The van der Waals surface area contributed by atoms with Crippen LogP contribution < -0.4 is 10.5 Å². The van der Waals surface area contributed by atoms with E-state index in [1.807, 2.05) is 50.2 Å². The topological polar surface area (TPSA) is 35.2 Å². The summed E-state index contributed by atoms with van der Waals surface area (Å²) in [5, 5.41) is 0.595. The number of halogens is 2. The molecule has 0 amide bonds. The van der Waals surface area contributed by atoms with Gasteiger partial charge < -0.3 is 10.5 Å². The fourth-order valence-electron chi connectivity index (χ4n) is 1.76. The summed E-state index contributed by atoms with van der Waals surface area (Å²) in [7, 11) is 0. The normalized spacial score (nSPS) is 12.3. The van der Waals surface area contributed by atoms with Crippen molar-refractivity contribution in [2.45, 2.75) is 19.9 Å². The van der Waals surface area contributed by atoms with Crippen molar-refractivity contribution in [3.8, 4) is 11.5 Å². The molecule has 2 rings (SSSR count). The minimum Gasteiger partial charge on any atom is -0.456 e. The van der Waals surface area contributed by atoms with E-state index >= 15 is 0 Å². The molecule has 0 fully saturated rings. The maximum absolute atomic E-state index is 6.11. The highest BCUT2D eigenvalue weighted by Crippen LogP contribution is 2.33. The Bertz CT molecular complexity index is 599. The van der Waals surface area contributed by atoms with E-state index in [0.717, 1.165) is 21.3 Å². The monoisotopic (exact) mass is 339 g/mol. The molecule has 0 saturated carbocycles. The van der Waals surface area contributed by atoms with Gasteiger partial charge in [0, 0.05) is 10.5 Å². The van der Waals surface area contributed by atoms with Crippen LogP contribution in [0, 0.1) is 6.92 Å². The summed E-state index contributed by atoms with van der Waals surface area (Å²) >= 11 is 9.61. The van der Waals surface area contributed by atoms with Crippen molar-refractivity contribution in [3.05, 3.63) is 57.0 Å². The number of benzene rings is 2. The van der Waals surface area contributed by atoms with Crippen LogP contribution in [0.5, 0.6) is 11.5 Å². The van der Waals surface area contributed by atoms with Gasteiger partial charge in [0.1, 0.15) is 11.5 Å². The van der Waals surface area contributed by atoms with E-state index in [-0.39, 0.29) is 6.04 Å². The third-order valence-corrected chi connectivity index (χ3v) is 3.78. The van der Waals surface area contributed by atoms with Gasteiger partial charge in [-0.3, -0.25) is 0 Å². The van der Waals surface area contributed by atoms with Crippen LogP contribution in [0.1, 0.15) is 24.1 Å². The van der Waals surface area contributed by atoms with Gasteiger partial charge >= 0.3 is 0 Å². The standard InChI is InChI=1S/C15H15BrClNO/c1-9-3-6-14(17)15(7-9)19-11-4-5-12(10(2)18)13(16)8-11/h3-8,10H,18H2,1-2H3. The van der Waals surface area contributed by atoms with Gasteiger partial charge in [-0.15, -0.1) is 0 Å². The molecule has 0 aliphatic rings. The van der Waals surface area contributed by atoms with Crippen molar-refractivity contribution in [1.82, 2.24) is 0 Å². The quantitative estimate of drug-likeness (QED) is 0.831. The van der Waals surface area contributed by atoms with Crippen LogP contribution in [0.25, 0.3) is 0 Å². The highest BCUT2D eigenvalue weighted by atomic mass is 79.9. The van der Waals surface area contributed by atoms with Crippen LogP contribution in [-0.2, 0) is 0 Å². The van der Waals surface area contributed by atoms with Crippen LogP contribution in [0.3, 0.4) is 0 Å². The molecule has 2 N–H and O–H groups in total. The Balaban J connectivity index is 2.29. The molecule has 2 nitrogen and oxygen atoms in total. The first-order valence-electron chi connectivity index (χ1n) is 5.96. The summed E-state index contributed by atoms with van der Waals surface area (Å²) in [5.41, 5.74) is 8.02. The SMILES string of the molecule is Cc1ccc(Cl)c(Oc2ccc(C(C)N)c(Br)c2)c1. The molecule has 4 heteroatoms. The van der Waals surface area contributed by atoms with E-state index in [0.29, 0.717) is 10.8 Å². The maximum atomic E-state index is 6.11. The summed E-state index contributed by atoms with van der Waals surface area (Å²) < 4.78 is 6.74. The van der Waals surface area contributed by atoms with Crippen molar-refractivity contribution >= 4 is 27.5 Å². The lowest BCUT2D eigenvalue weighted by atomic mass is 10.1. The van der Waals surface area contributed by atoms with Crippen LogP contribution in [0.4, 0.5) is 0 Å². The Kier molecular flexibility index (Phi) is 4.50. The average molecular weight is 341 g/mol. The Morgan fingerprint density at radius 2 is 1.95 bits per heavy atom. The zero-order chi connectivity index (χ0) is 14.0. The molecule has 2 aromatic rings. The number of ether oxygens (including phenoxy) is 1. The van der Waals surface area contributed by atoms with Crippen LogP contribution >= 0.6 is 27.5 Å². The molecule has 0 aromatic heterocycles. The third-order valence-electron chi connectivity index (χ3n) is 2.78. The second kappa shape index (κ2) is 5.95. The van der Waals surface area contributed by atoms with Gasteiger partial charge in [-0.2, -0.15) is 0 Å². The number of rotatable bonds is 3.